The molecule has 1 atom stereocenters. The van der Waals surface area contributed by atoms with E-state index < -0.39 is 0 Å². The third kappa shape index (κ3) is 4.15. The summed E-state index contributed by atoms with van der Waals surface area (Å²) in [4.78, 5) is 19.0. The van der Waals surface area contributed by atoms with Gasteiger partial charge >= 0.3 is 0 Å². The molecule has 0 saturated heterocycles. The van der Waals surface area contributed by atoms with E-state index in [2.05, 4.69) is 39.5 Å². The second kappa shape index (κ2) is 7.34. The third-order valence-corrected chi connectivity index (χ3v) is 4.20. The molecule has 0 bridgehead atoms. The van der Waals surface area contributed by atoms with Crippen molar-refractivity contribution in [2.24, 2.45) is 0 Å². The van der Waals surface area contributed by atoms with Gasteiger partial charge in [0, 0.05) is 31.2 Å². The summed E-state index contributed by atoms with van der Waals surface area (Å²) in [6.07, 6.45) is 0.785. The van der Waals surface area contributed by atoms with Gasteiger partial charge in [-0.15, -0.1) is 0 Å². The van der Waals surface area contributed by atoms with E-state index in [0.29, 0.717) is 5.69 Å². The van der Waals surface area contributed by atoms with Gasteiger partial charge in [-0.3, -0.25) is 4.79 Å². The van der Waals surface area contributed by atoms with Crippen molar-refractivity contribution in [1.82, 2.24) is 10.3 Å². The summed E-state index contributed by atoms with van der Waals surface area (Å²) in [6.45, 7) is 2.01. The Morgan fingerprint density at radius 3 is 2.48 bits per heavy atom. The number of anilines is 1. The Morgan fingerprint density at radius 2 is 1.76 bits per heavy atom. The van der Waals surface area contributed by atoms with Crippen LogP contribution in [0.2, 0.25) is 0 Å². The van der Waals surface area contributed by atoms with E-state index in [-0.39, 0.29) is 11.9 Å². The van der Waals surface area contributed by atoms with Crippen LogP contribution in [0.4, 0.5) is 5.69 Å². The monoisotopic (exact) mass is 333 g/mol. The van der Waals surface area contributed by atoms with E-state index in [1.807, 2.05) is 51.4 Å². The number of nitrogens with zero attached hydrogens (tertiary/aromatic N) is 2. The van der Waals surface area contributed by atoms with Gasteiger partial charge in [0.05, 0.1) is 5.52 Å². The van der Waals surface area contributed by atoms with Crippen molar-refractivity contribution in [3.63, 3.8) is 0 Å². The fraction of sp³-hybridized carbons (Fsp3) is 0.238. The molecule has 4 heteroatoms. The highest BCUT2D eigenvalue weighted by molar-refractivity contribution is 5.95. The van der Waals surface area contributed by atoms with Crippen molar-refractivity contribution in [3.05, 3.63) is 71.9 Å². The van der Waals surface area contributed by atoms with Gasteiger partial charge in [-0.25, -0.2) is 4.98 Å². The van der Waals surface area contributed by atoms with Crippen LogP contribution in [0.1, 0.15) is 23.0 Å². The van der Waals surface area contributed by atoms with Crippen LogP contribution in [0.3, 0.4) is 0 Å². The molecule has 0 aliphatic carbocycles. The second-order valence-electron chi connectivity index (χ2n) is 6.53. The maximum atomic E-state index is 12.5. The first-order valence-electron chi connectivity index (χ1n) is 8.46. The molecule has 2 aromatic carbocycles. The second-order valence-corrected chi connectivity index (χ2v) is 6.53. The van der Waals surface area contributed by atoms with Gasteiger partial charge in [-0.05, 0) is 43.2 Å². The molecule has 1 heterocycles. The van der Waals surface area contributed by atoms with Gasteiger partial charge < -0.3 is 10.2 Å². The lowest BCUT2D eigenvalue weighted by Crippen LogP contribution is -2.34. The molecule has 1 aromatic heterocycles. The average Bonchev–Trinajstić information content (AvgIpc) is 2.61. The minimum atomic E-state index is -0.136. The van der Waals surface area contributed by atoms with Gasteiger partial charge in [0.25, 0.3) is 5.91 Å². The van der Waals surface area contributed by atoms with Crippen molar-refractivity contribution in [1.29, 1.82) is 0 Å². The number of nitrogens with one attached hydrogen (secondary N) is 1. The van der Waals surface area contributed by atoms with Crippen molar-refractivity contribution in [2.45, 2.75) is 19.4 Å². The molecular weight excluding hydrogens is 310 g/mol. The van der Waals surface area contributed by atoms with Gasteiger partial charge in [-0.2, -0.15) is 0 Å². The number of fused-ring (bicyclic) bond motifs is 1. The minimum Gasteiger partial charge on any atom is -0.378 e. The smallest absolute Gasteiger partial charge is 0.270 e. The summed E-state index contributed by atoms with van der Waals surface area (Å²) in [5.74, 6) is -0.136. The van der Waals surface area contributed by atoms with Gasteiger partial charge in [-0.1, -0.05) is 36.4 Å². The summed E-state index contributed by atoms with van der Waals surface area (Å²) in [5.41, 5.74) is 3.65. The highest BCUT2D eigenvalue weighted by atomic mass is 16.1. The number of hydrogen-bond donors (Lipinski definition) is 1. The number of carbonyl (C=O) groups is 1. The first-order chi connectivity index (χ1) is 12.0. The molecule has 0 aliphatic rings. The minimum absolute atomic E-state index is 0.0333. The summed E-state index contributed by atoms with van der Waals surface area (Å²) >= 11 is 0. The molecule has 0 spiro atoms. The van der Waals surface area contributed by atoms with Crippen LogP contribution in [-0.4, -0.2) is 31.0 Å². The highest BCUT2D eigenvalue weighted by Gasteiger charge is 2.12. The fourth-order valence-corrected chi connectivity index (χ4v) is 2.82. The zero-order valence-electron chi connectivity index (χ0n) is 14.9. The van der Waals surface area contributed by atoms with Crippen molar-refractivity contribution in [2.75, 3.05) is 19.0 Å². The Kier molecular flexibility index (Phi) is 4.98. The van der Waals surface area contributed by atoms with Gasteiger partial charge in [0.2, 0.25) is 0 Å². The predicted molar refractivity (Wildman–Crippen MR) is 103 cm³/mol. The Bertz CT molecular complexity index is 872. The quantitative estimate of drug-likeness (QED) is 0.775. The van der Waals surface area contributed by atoms with Crippen LogP contribution < -0.4 is 10.2 Å². The molecule has 1 amide bonds. The van der Waals surface area contributed by atoms with Crippen LogP contribution in [0.15, 0.2) is 60.7 Å². The summed E-state index contributed by atoms with van der Waals surface area (Å²) in [5, 5.41) is 4.07. The Morgan fingerprint density at radius 1 is 1.04 bits per heavy atom. The Hall–Kier alpha value is -2.88. The molecule has 128 valence electrons. The first-order valence-corrected chi connectivity index (χ1v) is 8.46. The molecule has 0 saturated carbocycles. The molecule has 3 rings (SSSR count). The van der Waals surface area contributed by atoms with E-state index in [1.165, 1.54) is 11.3 Å². The zero-order chi connectivity index (χ0) is 17.8. The van der Waals surface area contributed by atoms with E-state index in [1.54, 1.807) is 6.07 Å². The molecule has 0 aliphatic heterocycles. The number of carbonyl (C=O) groups excluding carboxylic acids is 1. The van der Waals surface area contributed by atoms with E-state index in [4.69, 9.17) is 0 Å². The van der Waals surface area contributed by atoms with Crippen LogP contribution in [0.5, 0.6) is 0 Å². The SMILES string of the molecule is C[C@H](Cc1ccc(N(C)C)cc1)NC(=O)c1ccc2ccccc2n1. The van der Waals surface area contributed by atoms with Gasteiger partial charge in [0.1, 0.15) is 5.69 Å². The number of benzene rings is 2. The van der Waals surface area contributed by atoms with Crippen LogP contribution in [0, 0.1) is 0 Å². The van der Waals surface area contributed by atoms with Crippen LogP contribution in [-0.2, 0) is 6.42 Å². The summed E-state index contributed by atoms with van der Waals surface area (Å²) < 4.78 is 0. The normalized spacial score (nSPS) is 12.0. The lowest BCUT2D eigenvalue weighted by Gasteiger charge is -2.16. The molecule has 0 radical (unpaired) electrons. The molecule has 25 heavy (non-hydrogen) atoms. The van der Waals surface area contributed by atoms with E-state index in [9.17, 15) is 4.79 Å². The number of rotatable bonds is 5. The summed E-state index contributed by atoms with van der Waals surface area (Å²) in [6, 6.07) is 19.9. The number of hydrogen-bond acceptors (Lipinski definition) is 3. The maximum Gasteiger partial charge on any atom is 0.270 e. The van der Waals surface area contributed by atoms with Crippen LogP contribution in [0.25, 0.3) is 10.9 Å². The van der Waals surface area contributed by atoms with E-state index in [0.717, 1.165) is 17.3 Å². The Balaban J connectivity index is 1.64. The Labute approximate surface area is 148 Å². The largest absolute Gasteiger partial charge is 0.378 e. The third-order valence-electron chi connectivity index (χ3n) is 4.20. The lowest BCUT2D eigenvalue weighted by atomic mass is 10.1. The number of amides is 1. The molecular formula is C21H23N3O. The van der Waals surface area contributed by atoms with Gasteiger partial charge in [0.15, 0.2) is 0 Å². The van der Waals surface area contributed by atoms with Crippen LogP contribution >= 0.6 is 0 Å². The lowest BCUT2D eigenvalue weighted by molar-refractivity contribution is 0.0935. The van der Waals surface area contributed by atoms with Crippen molar-refractivity contribution < 1.29 is 4.79 Å². The van der Waals surface area contributed by atoms with Crippen molar-refractivity contribution in [3.8, 4) is 0 Å². The highest BCUT2D eigenvalue weighted by Crippen LogP contribution is 2.14. The fourth-order valence-electron chi connectivity index (χ4n) is 2.82. The number of aromatic nitrogens is 1. The topological polar surface area (TPSA) is 45.2 Å². The predicted octanol–water partition coefficient (Wildman–Crippen LogP) is 3.66. The zero-order valence-corrected chi connectivity index (χ0v) is 14.9. The molecule has 0 fully saturated rings. The molecule has 0 unspecified atom stereocenters. The average molecular weight is 333 g/mol. The summed E-state index contributed by atoms with van der Waals surface area (Å²) in [7, 11) is 4.04. The number of para-hydroxylation sites is 1. The first kappa shape index (κ1) is 17.0. The molecule has 4 nitrogen and oxygen atoms in total. The maximum absolute atomic E-state index is 12.5. The molecule has 1 N–H and O–H groups in total. The standard InChI is InChI=1S/C21H23N3O/c1-15(14-16-8-11-18(12-9-16)24(2)3)22-21(25)20-13-10-17-6-4-5-7-19(17)23-20/h4-13,15H,14H2,1-3H3,(H,22,25)/t15-/m1/s1. The number of pyridine rings is 1. The molecule has 3 aromatic rings. The van der Waals surface area contributed by atoms with Crippen molar-refractivity contribution >= 4 is 22.5 Å². The van der Waals surface area contributed by atoms with E-state index >= 15 is 0 Å².